The number of para-hydroxylation sites is 1. The van der Waals surface area contributed by atoms with Crippen LogP contribution in [-0.4, -0.2) is 21.8 Å². The molecule has 144 valence electrons. The maximum absolute atomic E-state index is 13.6. The summed E-state index contributed by atoms with van der Waals surface area (Å²) in [7, 11) is 0. The quantitative estimate of drug-likeness (QED) is 0.507. The van der Waals surface area contributed by atoms with E-state index in [9.17, 15) is 19.1 Å². The molecular formula is C21H20FN3O3. The number of halogens is 1. The Bertz CT molecular complexity index is 1110. The molecule has 6 nitrogen and oxygen atoms in total. The molecule has 1 heterocycles. The van der Waals surface area contributed by atoms with Gasteiger partial charge >= 0.3 is 0 Å². The first kappa shape index (κ1) is 19.3. The highest BCUT2D eigenvalue weighted by Gasteiger charge is 2.21. The zero-order chi connectivity index (χ0) is 20.1. The van der Waals surface area contributed by atoms with E-state index in [1.165, 1.54) is 22.8 Å². The minimum atomic E-state index is -0.855. The van der Waals surface area contributed by atoms with Crippen molar-refractivity contribution in [2.75, 3.05) is 0 Å². The first-order valence-electron chi connectivity index (χ1n) is 8.97. The van der Waals surface area contributed by atoms with E-state index in [1.54, 1.807) is 30.3 Å². The smallest absolute Gasteiger partial charge is 0.280 e. The summed E-state index contributed by atoms with van der Waals surface area (Å²) in [5.74, 6) is -1.74. The SMILES string of the molecule is CCCCn1c(=O)c(C(=O)NN=Cc2ccccc2F)c(O)c2ccccc21. The minimum absolute atomic E-state index is 0.186. The number of hydrogen-bond acceptors (Lipinski definition) is 4. The minimum Gasteiger partial charge on any atom is -0.506 e. The van der Waals surface area contributed by atoms with Crippen molar-refractivity contribution in [3.63, 3.8) is 0 Å². The average Bonchev–Trinajstić information content (AvgIpc) is 2.69. The second kappa shape index (κ2) is 8.47. The molecule has 0 spiro atoms. The zero-order valence-corrected chi connectivity index (χ0v) is 15.4. The summed E-state index contributed by atoms with van der Waals surface area (Å²) in [5, 5.41) is 14.6. The number of carbonyl (C=O) groups excluding carboxylic acids is 1. The summed E-state index contributed by atoms with van der Waals surface area (Å²) in [6, 6.07) is 12.8. The number of benzene rings is 2. The zero-order valence-electron chi connectivity index (χ0n) is 15.4. The molecule has 1 amide bonds. The van der Waals surface area contributed by atoms with Crippen molar-refractivity contribution in [1.29, 1.82) is 0 Å². The third kappa shape index (κ3) is 3.78. The highest BCUT2D eigenvalue weighted by Crippen LogP contribution is 2.26. The molecule has 3 aromatic rings. The van der Waals surface area contributed by atoms with Gasteiger partial charge in [0.2, 0.25) is 0 Å². The van der Waals surface area contributed by atoms with Gasteiger partial charge in [0, 0.05) is 17.5 Å². The van der Waals surface area contributed by atoms with E-state index in [0.717, 1.165) is 19.1 Å². The lowest BCUT2D eigenvalue weighted by molar-refractivity contribution is 0.0950. The lowest BCUT2D eigenvalue weighted by Gasteiger charge is -2.14. The lowest BCUT2D eigenvalue weighted by atomic mass is 10.1. The van der Waals surface area contributed by atoms with E-state index < -0.39 is 23.0 Å². The maximum Gasteiger partial charge on any atom is 0.280 e. The van der Waals surface area contributed by atoms with Gasteiger partial charge in [0.05, 0.1) is 11.7 Å². The number of nitrogens with zero attached hydrogens (tertiary/aromatic N) is 2. The number of rotatable bonds is 6. The molecule has 2 aromatic carbocycles. The normalized spacial score (nSPS) is 11.2. The van der Waals surface area contributed by atoms with Gasteiger partial charge in [0.1, 0.15) is 17.1 Å². The van der Waals surface area contributed by atoms with Gasteiger partial charge in [-0.25, -0.2) is 9.82 Å². The van der Waals surface area contributed by atoms with Crippen molar-refractivity contribution in [3.8, 4) is 5.75 Å². The van der Waals surface area contributed by atoms with Crippen LogP contribution in [0.15, 0.2) is 58.4 Å². The largest absolute Gasteiger partial charge is 0.506 e. The molecule has 0 radical (unpaired) electrons. The Morgan fingerprint density at radius 1 is 1.21 bits per heavy atom. The molecule has 28 heavy (non-hydrogen) atoms. The van der Waals surface area contributed by atoms with E-state index in [-0.39, 0.29) is 11.1 Å². The van der Waals surface area contributed by atoms with E-state index in [4.69, 9.17) is 0 Å². The summed E-state index contributed by atoms with van der Waals surface area (Å²) >= 11 is 0. The van der Waals surface area contributed by atoms with Crippen LogP contribution in [0.3, 0.4) is 0 Å². The highest BCUT2D eigenvalue weighted by molar-refractivity contribution is 6.02. The number of aryl methyl sites for hydroxylation is 1. The number of unbranched alkanes of at least 4 members (excludes halogenated alkanes) is 1. The molecule has 0 aliphatic heterocycles. The van der Waals surface area contributed by atoms with Crippen molar-refractivity contribution < 1.29 is 14.3 Å². The number of pyridine rings is 1. The van der Waals surface area contributed by atoms with Crippen LogP contribution < -0.4 is 11.0 Å². The molecule has 7 heteroatoms. The second-order valence-corrected chi connectivity index (χ2v) is 6.27. The number of amides is 1. The summed E-state index contributed by atoms with van der Waals surface area (Å²) < 4.78 is 15.1. The van der Waals surface area contributed by atoms with Crippen LogP contribution in [0, 0.1) is 5.82 Å². The summed E-state index contributed by atoms with van der Waals surface area (Å²) in [6.07, 6.45) is 2.76. The number of aromatic nitrogens is 1. The van der Waals surface area contributed by atoms with Gasteiger partial charge in [0.25, 0.3) is 11.5 Å². The van der Waals surface area contributed by atoms with Crippen molar-refractivity contribution in [2.24, 2.45) is 5.10 Å². The molecule has 0 bridgehead atoms. The number of hydrogen-bond donors (Lipinski definition) is 2. The first-order valence-corrected chi connectivity index (χ1v) is 8.97. The van der Waals surface area contributed by atoms with Crippen LogP contribution >= 0.6 is 0 Å². The molecule has 0 aliphatic rings. The lowest BCUT2D eigenvalue weighted by Crippen LogP contribution is -2.31. The standard InChI is InChI=1S/C21H20FN3O3/c1-2-3-12-25-17-11-7-5-9-15(17)19(26)18(21(25)28)20(27)24-23-13-14-8-4-6-10-16(14)22/h4-11,13,26H,2-3,12H2,1H3,(H,24,27). The van der Waals surface area contributed by atoms with E-state index >= 15 is 0 Å². The fourth-order valence-corrected chi connectivity index (χ4v) is 2.93. The number of aromatic hydroxyl groups is 1. The van der Waals surface area contributed by atoms with E-state index in [0.29, 0.717) is 17.4 Å². The summed E-state index contributed by atoms with van der Waals surface area (Å²) in [5.41, 5.74) is 1.96. The predicted octanol–water partition coefficient (Wildman–Crippen LogP) is 3.41. The van der Waals surface area contributed by atoms with Crippen molar-refractivity contribution in [1.82, 2.24) is 9.99 Å². The topological polar surface area (TPSA) is 83.7 Å². The Kier molecular flexibility index (Phi) is 5.84. The predicted molar refractivity (Wildman–Crippen MR) is 106 cm³/mol. The van der Waals surface area contributed by atoms with Crippen LogP contribution in [0.4, 0.5) is 4.39 Å². The fourth-order valence-electron chi connectivity index (χ4n) is 2.93. The molecule has 2 N–H and O–H groups in total. The van der Waals surface area contributed by atoms with Crippen LogP contribution in [0.5, 0.6) is 5.75 Å². The second-order valence-electron chi connectivity index (χ2n) is 6.27. The molecule has 1 aromatic heterocycles. The van der Waals surface area contributed by atoms with Gasteiger partial charge in [-0.1, -0.05) is 43.7 Å². The van der Waals surface area contributed by atoms with Crippen LogP contribution in [0.25, 0.3) is 10.9 Å². The van der Waals surface area contributed by atoms with Crippen molar-refractivity contribution >= 4 is 23.0 Å². The molecular weight excluding hydrogens is 361 g/mol. The molecule has 0 saturated heterocycles. The van der Waals surface area contributed by atoms with E-state index in [2.05, 4.69) is 10.5 Å². The van der Waals surface area contributed by atoms with Gasteiger partial charge in [-0.3, -0.25) is 9.59 Å². The van der Waals surface area contributed by atoms with Gasteiger partial charge < -0.3 is 9.67 Å². The molecule has 0 aliphatic carbocycles. The third-order valence-corrected chi connectivity index (χ3v) is 4.38. The van der Waals surface area contributed by atoms with Gasteiger partial charge in [-0.05, 0) is 24.6 Å². The van der Waals surface area contributed by atoms with Crippen LogP contribution in [-0.2, 0) is 6.54 Å². The maximum atomic E-state index is 13.6. The number of carbonyl (C=O) groups is 1. The molecule has 0 unspecified atom stereocenters. The van der Waals surface area contributed by atoms with Crippen molar-refractivity contribution in [2.45, 2.75) is 26.3 Å². The Hall–Kier alpha value is -3.48. The molecule has 0 saturated carbocycles. The summed E-state index contributed by atoms with van der Waals surface area (Å²) in [6.45, 7) is 2.42. The highest BCUT2D eigenvalue weighted by atomic mass is 19.1. The fraction of sp³-hybridized carbons (Fsp3) is 0.190. The molecule has 3 rings (SSSR count). The third-order valence-electron chi connectivity index (χ3n) is 4.38. The molecule has 0 atom stereocenters. The van der Waals surface area contributed by atoms with Gasteiger partial charge in [-0.15, -0.1) is 0 Å². The van der Waals surface area contributed by atoms with E-state index in [1.807, 2.05) is 6.92 Å². The van der Waals surface area contributed by atoms with Gasteiger partial charge in [0.15, 0.2) is 0 Å². The summed E-state index contributed by atoms with van der Waals surface area (Å²) in [4.78, 5) is 25.4. The Morgan fingerprint density at radius 3 is 2.68 bits per heavy atom. The Morgan fingerprint density at radius 2 is 1.93 bits per heavy atom. The Balaban J connectivity index is 1.98. The van der Waals surface area contributed by atoms with Gasteiger partial charge in [-0.2, -0.15) is 5.10 Å². The monoisotopic (exact) mass is 381 g/mol. The number of hydrazone groups is 1. The number of fused-ring (bicyclic) bond motifs is 1. The average molecular weight is 381 g/mol. The van der Waals surface area contributed by atoms with Crippen LogP contribution in [0.1, 0.15) is 35.7 Å². The first-order chi connectivity index (χ1) is 13.5. The molecule has 0 fully saturated rings. The Labute approximate surface area is 160 Å². The van der Waals surface area contributed by atoms with Crippen molar-refractivity contribution in [3.05, 3.63) is 75.8 Å². The number of nitrogens with one attached hydrogen (secondary N) is 1. The van der Waals surface area contributed by atoms with Crippen LogP contribution in [0.2, 0.25) is 0 Å².